The van der Waals surface area contributed by atoms with Crippen molar-refractivity contribution in [2.75, 3.05) is 19.7 Å². The molecule has 2 aliphatic heterocycles. The van der Waals surface area contributed by atoms with Crippen molar-refractivity contribution in [1.29, 1.82) is 0 Å². The first-order valence-corrected chi connectivity index (χ1v) is 9.94. The van der Waals surface area contributed by atoms with Crippen molar-refractivity contribution >= 4 is 5.91 Å². The molecule has 2 aliphatic rings. The van der Waals surface area contributed by atoms with Gasteiger partial charge in [0.15, 0.2) is 5.82 Å². The molecule has 150 valence electrons. The smallest absolute Gasteiger partial charge is 0.263 e. The summed E-state index contributed by atoms with van der Waals surface area (Å²) in [4.78, 5) is 32.2. The van der Waals surface area contributed by atoms with Gasteiger partial charge in [0.2, 0.25) is 5.89 Å². The normalized spacial score (nSPS) is 20.6. The average Bonchev–Trinajstić information content (AvgIpc) is 3.36. The molecule has 8 heteroatoms. The molecule has 2 aromatic heterocycles. The molecule has 1 atom stereocenters. The van der Waals surface area contributed by atoms with E-state index in [1.54, 1.807) is 22.6 Å². The van der Waals surface area contributed by atoms with Crippen LogP contribution in [0.25, 0.3) is 0 Å². The second kappa shape index (κ2) is 7.87. The van der Waals surface area contributed by atoms with E-state index in [2.05, 4.69) is 10.1 Å². The molecule has 0 aromatic carbocycles. The number of hydrogen-bond donors (Lipinski definition) is 0. The van der Waals surface area contributed by atoms with E-state index in [1.165, 1.54) is 0 Å². The minimum atomic E-state index is -0.226. The van der Waals surface area contributed by atoms with E-state index in [0.717, 1.165) is 37.9 Å². The Labute approximate surface area is 163 Å². The van der Waals surface area contributed by atoms with Crippen molar-refractivity contribution in [2.24, 2.45) is 0 Å². The largest absolute Gasteiger partial charge is 0.376 e. The molecule has 0 spiro atoms. The Bertz CT molecular complexity index is 905. The molecule has 0 bridgehead atoms. The number of aryl methyl sites for hydroxylation is 2. The molecule has 28 heavy (non-hydrogen) atoms. The van der Waals surface area contributed by atoms with Crippen LogP contribution in [0.15, 0.2) is 21.6 Å². The second-order valence-electron chi connectivity index (χ2n) is 7.70. The summed E-state index contributed by atoms with van der Waals surface area (Å²) in [7, 11) is 0. The predicted molar refractivity (Wildman–Crippen MR) is 101 cm³/mol. The zero-order valence-electron chi connectivity index (χ0n) is 16.4. The summed E-state index contributed by atoms with van der Waals surface area (Å²) in [6, 6.07) is 1.85. The van der Waals surface area contributed by atoms with Gasteiger partial charge >= 0.3 is 0 Å². The van der Waals surface area contributed by atoms with Gasteiger partial charge in [0.25, 0.3) is 11.5 Å². The third-order valence-corrected chi connectivity index (χ3v) is 5.70. The van der Waals surface area contributed by atoms with Crippen LogP contribution in [0, 0.1) is 13.8 Å². The van der Waals surface area contributed by atoms with E-state index in [4.69, 9.17) is 9.26 Å². The molecule has 1 amide bonds. The highest BCUT2D eigenvalue weighted by Gasteiger charge is 2.29. The standard InChI is InChI=1S/C20H26N4O4/c1-13-5-8-24(12-16-4-3-11-27-16)20(26)17(13)19(25)23-9-6-15(7-10-23)18-21-14(2)28-22-18/h5,8,15-16H,3-4,6-7,9-12H2,1-2H3. The number of carbonyl (C=O) groups excluding carboxylic acids is 1. The van der Waals surface area contributed by atoms with Crippen LogP contribution < -0.4 is 5.56 Å². The first kappa shape index (κ1) is 18.9. The van der Waals surface area contributed by atoms with Crippen molar-refractivity contribution in [3.8, 4) is 0 Å². The molecule has 4 rings (SSSR count). The maximum atomic E-state index is 13.1. The van der Waals surface area contributed by atoms with E-state index in [9.17, 15) is 9.59 Å². The van der Waals surface area contributed by atoms with E-state index in [1.807, 2.05) is 13.0 Å². The zero-order chi connectivity index (χ0) is 19.7. The molecule has 2 saturated heterocycles. The Morgan fingerprint density at radius 3 is 2.68 bits per heavy atom. The Morgan fingerprint density at radius 2 is 2.04 bits per heavy atom. The fourth-order valence-corrected chi connectivity index (χ4v) is 4.06. The molecule has 1 unspecified atom stereocenters. The van der Waals surface area contributed by atoms with Gasteiger partial charge < -0.3 is 18.7 Å². The molecule has 4 heterocycles. The molecule has 8 nitrogen and oxygen atoms in total. The van der Waals surface area contributed by atoms with Crippen LogP contribution in [0.5, 0.6) is 0 Å². The van der Waals surface area contributed by atoms with Crippen molar-refractivity contribution in [3.63, 3.8) is 0 Å². The number of pyridine rings is 1. The quantitative estimate of drug-likeness (QED) is 0.799. The minimum Gasteiger partial charge on any atom is -0.376 e. The lowest BCUT2D eigenvalue weighted by Gasteiger charge is -2.31. The Kier molecular flexibility index (Phi) is 5.30. The monoisotopic (exact) mass is 386 g/mol. The first-order valence-electron chi connectivity index (χ1n) is 9.94. The maximum Gasteiger partial charge on any atom is 0.263 e. The van der Waals surface area contributed by atoms with Gasteiger partial charge in [0.1, 0.15) is 5.56 Å². The Balaban J connectivity index is 1.48. The summed E-state index contributed by atoms with van der Waals surface area (Å²) in [5.41, 5.74) is 0.764. The summed E-state index contributed by atoms with van der Waals surface area (Å²) < 4.78 is 12.3. The molecule has 0 radical (unpaired) electrons. The Hall–Kier alpha value is -2.48. The number of ether oxygens (including phenoxy) is 1. The van der Waals surface area contributed by atoms with Gasteiger partial charge in [-0.3, -0.25) is 9.59 Å². The van der Waals surface area contributed by atoms with Crippen molar-refractivity contribution in [3.05, 3.63) is 45.5 Å². The van der Waals surface area contributed by atoms with Crippen molar-refractivity contribution in [2.45, 2.75) is 58.1 Å². The van der Waals surface area contributed by atoms with Crippen LogP contribution in [0.1, 0.15) is 59.2 Å². The third kappa shape index (κ3) is 3.73. The number of hydrogen-bond acceptors (Lipinski definition) is 6. The van der Waals surface area contributed by atoms with Crippen LogP contribution in [0.4, 0.5) is 0 Å². The van der Waals surface area contributed by atoms with Crippen molar-refractivity contribution < 1.29 is 14.1 Å². The molecule has 0 aliphatic carbocycles. The highest BCUT2D eigenvalue weighted by atomic mass is 16.5. The molecular weight excluding hydrogens is 360 g/mol. The summed E-state index contributed by atoms with van der Waals surface area (Å²) >= 11 is 0. The highest BCUT2D eigenvalue weighted by Crippen LogP contribution is 2.26. The predicted octanol–water partition coefficient (Wildman–Crippen LogP) is 2.05. The topological polar surface area (TPSA) is 90.5 Å². The fraction of sp³-hybridized carbons (Fsp3) is 0.600. The van der Waals surface area contributed by atoms with E-state index in [-0.39, 0.29) is 29.1 Å². The minimum absolute atomic E-state index is 0.0533. The molecule has 2 aromatic rings. The first-order chi connectivity index (χ1) is 13.5. The van der Waals surface area contributed by atoms with Crippen LogP contribution in [-0.2, 0) is 11.3 Å². The van der Waals surface area contributed by atoms with Crippen LogP contribution in [-0.4, -0.2) is 51.3 Å². The van der Waals surface area contributed by atoms with Crippen LogP contribution in [0.2, 0.25) is 0 Å². The second-order valence-corrected chi connectivity index (χ2v) is 7.70. The average molecular weight is 386 g/mol. The number of piperidine rings is 1. The number of rotatable bonds is 4. The van der Waals surface area contributed by atoms with E-state index < -0.39 is 0 Å². The lowest BCUT2D eigenvalue weighted by molar-refractivity contribution is 0.0704. The van der Waals surface area contributed by atoms with E-state index in [0.29, 0.717) is 31.3 Å². The van der Waals surface area contributed by atoms with Gasteiger partial charge in [-0.1, -0.05) is 5.16 Å². The lowest BCUT2D eigenvalue weighted by atomic mass is 9.95. The molecule has 2 fully saturated rings. The number of nitrogens with zero attached hydrogens (tertiary/aromatic N) is 4. The third-order valence-electron chi connectivity index (χ3n) is 5.70. The van der Waals surface area contributed by atoms with Gasteiger partial charge in [-0.2, -0.15) is 4.98 Å². The number of aromatic nitrogens is 3. The number of amides is 1. The SMILES string of the molecule is Cc1nc(C2CCN(C(=O)c3c(C)ccn(CC4CCCO4)c3=O)CC2)no1. The van der Waals surface area contributed by atoms with Gasteiger partial charge in [0.05, 0.1) is 12.6 Å². The van der Waals surface area contributed by atoms with Gasteiger partial charge in [-0.25, -0.2) is 0 Å². The van der Waals surface area contributed by atoms with Gasteiger partial charge in [-0.15, -0.1) is 0 Å². The maximum absolute atomic E-state index is 13.1. The van der Waals surface area contributed by atoms with E-state index >= 15 is 0 Å². The molecule has 0 N–H and O–H groups in total. The van der Waals surface area contributed by atoms with Crippen molar-refractivity contribution in [1.82, 2.24) is 19.6 Å². The summed E-state index contributed by atoms with van der Waals surface area (Å²) in [5.74, 6) is 1.26. The van der Waals surface area contributed by atoms with Gasteiger partial charge in [0, 0.05) is 38.7 Å². The van der Waals surface area contributed by atoms with Gasteiger partial charge in [-0.05, 0) is 44.2 Å². The van der Waals surface area contributed by atoms with Crippen LogP contribution in [0.3, 0.4) is 0 Å². The summed E-state index contributed by atoms with van der Waals surface area (Å²) in [6.45, 7) is 5.99. The molecular formula is C20H26N4O4. The summed E-state index contributed by atoms with van der Waals surface area (Å²) in [6.07, 6.45) is 5.32. The lowest BCUT2D eigenvalue weighted by Crippen LogP contribution is -2.42. The Morgan fingerprint density at radius 1 is 1.25 bits per heavy atom. The molecule has 0 saturated carbocycles. The zero-order valence-corrected chi connectivity index (χ0v) is 16.4. The fourth-order valence-electron chi connectivity index (χ4n) is 4.06. The number of carbonyl (C=O) groups is 1. The highest BCUT2D eigenvalue weighted by molar-refractivity contribution is 5.95. The van der Waals surface area contributed by atoms with Crippen LogP contribution >= 0.6 is 0 Å². The summed E-state index contributed by atoms with van der Waals surface area (Å²) in [5, 5.41) is 4.00. The number of likely N-dealkylation sites (tertiary alicyclic amines) is 1.